The molecule has 0 saturated heterocycles. The van der Waals surface area contributed by atoms with E-state index < -0.39 is 0 Å². The summed E-state index contributed by atoms with van der Waals surface area (Å²) in [6.45, 7) is 4.58. The Hall–Kier alpha value is -2.03. The van der Waals surface area contributed by atoms with Crippen molar-refractivity contribution in [3.05, 3.63) is 54.1 Å². The second-order valence-corrected chi connectivity index (χ2v) is 3.48. The summed E-state index contributed by atoms with van der Waals surface area (Å²) in [5.74, 6) is 0.187. The Balaban J connectivity index is 2.60. The highest BCUT2D eigenvalue weighted by atomic mass is 16.5. The fourth-order valence-corrected chi connectivity index (χ4v) is 1.36. The Morgan fingerprint density at radius 3 is 2.78 bits per heavy atom. The first-order valence-electron chi connectivity index (χ1n) is 5.96. The van der Waals surface area contributed by atoms with E-state index in [1.54, 1.807) is 24.3 Å². The van der Waals surface area contributed by atoms with Crippen LogP contribution in [0.15, 0.2) is 48.6 Å². The van der Waals surface area contributed by atoms with Gasteiger partial charge in [-0.3, -0.25) is 0 Å². The Morgan fingerprint density at radius 1 is 1.28 bits per heavy atom. The van der Waals surface area contributed by atoms with Gasteiger partial charge in [0.1, 0.15) is 17.9 Å². The van der Waals surface area contributed by atoms with Crippen LogP contribution < -0.4 is 4.74 Å². The molecular formula is C15H18O3. The number of carbonyl (C=O) groups excluding carboxylic acids is 1. The van der Waals surface area contributed by atoms with E-state index in [0.717, 1.165) is 0 Å². The number of para-hydroxylation sites is 1. The lowest BCUT2D eigenvalue weighted by Gasteiger charge is -2.08. The molecule has 0 saturated carbocycles. The van der Waals surface area contributed by atoms with Gasteiger partial charge in [0.15, 0.2) is 0 Å². The Labute approximate surface area is 108 Å². The molecule has 3 nitrogen and oxygen atoms in total. The lowest BCUT2D eigenvalue weighted by atomic mass is 10.2. The maximum Gasteiger partial charge on any atom is 0.342 e. The molecule has 0 aliphatic heterocycles. The second kappa shape index (κ2) is 8.12. The number of hydrogen-bond acceptors (Lipinski definition) is 3. The highest BCUT2D eigenvalue weighted by Gasteiger charge is 2.12. The Morgan fingerprint density at radius 2 is 2.06 bits per heavy atom. The Bertz CT molecular complexity index is 433. The third kappa shape index (κ3) is 4.45. The molecule has 0 heterocycles. The maximum atomic E-state index is 11.8. The van der Waals surface area contributed by atoms with Crippen LogP contribution in [0.1, 0.15) is 24.2 Å². The average Bonchev–Trinajstić information content (AvgIpc) is 2.39. The van der Waals surface area contributed by atoms with Gasteiger partial charge in [-0.1, -0.05) is 30.4 Å². The molecule has 0 aliphatic rings. The molecule has 18 heavy (non-hydrogen) atoms. The molecule has 0 radical (unpaired) electrons. The van der Waals surface area contributed by atoms with Gasteiger partial charge in [-0.25, -0.2) is 4.79 Å². The quantitative estimate of drug-likeness (QED) is 0.570. The van der Waals surface area contributed by atoms with E-state index >= 15 is 0 Å². The van der Waals surface area contributed by atoms with Gasteiger partial charge in [0.2, 0.25) is 0 Å². The summed E-state index contributed by atoms with van der Waals surface area (Å²) in [6.07, 6.45) is 7.40. The van der Waals surface area contributed by atoms with Crippen molar-refractivity contribution in [3.63, 3.8) is 0 Å². The number of ether oxygens (including phenoxy) is 2. The summed E-state index contributed by atoms with van der Waals surface area (Å²) < 4.78 is 10.5. The van der Waals surface area contributed by atoms with Crippen molar-refractivity contribution in [1.29, 1.82) is 0 Å². The molecule has 0 N–H and O–H groups in total. The lowest BCUT2D eigenvalue weighted by Crippen LogP contribution is -2.07. The smallest absolute Gasteiger partial charge is 0.342 e. The zero-order valence-electron chi connectivity index (χ0n) is 10.8. The number of rotatable bonds is 6. The van der Waals surface area contributed by atoms with Crippen LogP contribution in [0.4, 0.5) is 0 Å². The van der Waals surface area contributed by atoms with Crippen molar-refractivity contribution in [2.45, 2.75) is 13.8 Å². The molecule has 96 valence electrons. The molecule has 0 unspecified atom stereocenters. The number of esters is 1. The highest BCUT2D eigenvalue weighted by molar-refractivity contribution is 5.92. The summed E-state index contributed by atoms with van der Waals surface area (Å²) in [5.41, 5.74) is 0.457. The van der Waals surface area contributed by atoms with E-state index in [1.807, 2.05) is 38.1 Å². The molecule has 0 atom stereocenters. The molecule has 0 amide bonds. The van der Waals surface area contributed by atoms with Gasteiger partial charge in [0.05, 0.1) is 6.61 Å². The van der Waals surface area contributed by atoms with Gasteiger partial charge in [-0.15, -0.1) is 0 Å². The van der Waals surface area contributed by atoms with E-state index in [9.17, 15) is 4.79 Å². The minimum atomic E-state index is -0.371. The fraction of sp³-hybridized carbons (Fsp3) is 0.267. The second-order valence-electron chi connectivity index (χ2n) is 3.48. The number of benzene rings is 1. The number of allylic oxidation sites excluding steroid dienone is 3. The molecule has 1 rings (SSSR count). The predicted octanol–water partition coefficient (Wildman–Crippen LogP) is 3.37. The van der Waals surface area contributed by atoms with Crippen LogP contribution in [0, 0.1) is 0 Å². The van der Waals surface area contributed by atoms with Gasteiger partial charge in [-0.2, -0.15) is 0 Å². The molecule has 0 aliphatic carbocycles. The Kier molecular flexibility index (Phi) is 6.33. The van der Waals surface area contributed by atoms with Crippen molar-refractivity contribution in [2.75, 3.05) is 13.2 Å². The van der Waals surface area contributed by atoms with Crippen LogP contribution in [0.5, 0.6) is 5.75 Å². The van der Waals surface area contributed by atoms with E-state index in [4.69, 9.17) is 9.47 Å². The summed E-state index contributed by atoms with van der Waals surface area (Å²) in [6, 6.07) is 7.07. The van der Waals surface area contributed by atoms with Gasteiger partial charge >= 0.3 is 5.97 Å². The standard InChI is InChI=1S/C15H18O3/c1-3-5-6-9-12-18-15(16)13-10-7-8-11-14(13)17-4-2/h3,5-11H,4,12H2,1-2H3. The molecule has 0 spiro atoms. The summed E-state index contributed by atoms with van der Waals surface area (Å²) in [7, 11) is 0. The van der Waals surface area contributed by atoms with Crippen molar-refractivity contribution in [2.24, 2.45) is 0 Å². The van der Waals surface area contributed by atoms with Crippen molar-refractivity contribution in [3.8, 4) is 5.75 Å². The van der Waals surface area contributed by atoms with E-state index in [1.165, 1.54) is 0 Å². The van der Waals surface area contributed by atoms with Gasteiger partial charge in [-0.05, 0) is 32.1 Å². The largest absolute Gasteiger partial charge is 0.493 e. The topological polar surface area (TPSA) is 35.5 Å². The van der Waals surface area contributed by atoms with Crippen LogP contribution in [0.25, 0.3) is 0 Å². The van der Waals surface area contributed by atoms with Crippen LogP contribution in [0.2, 0.25) is 0 Å². The number of carbonyl (C=O) groups is 1. The lowest BCUT2D eigenvalue weighted by molar-refractivity contribution is 0.0545. The SMILES string of the molecule is CC=CC=CCOC(=O)c1ccccc1OCC. The summed E-state index contributed by atoms with van der Waals surface area (Å²) in [5, 5.41) is 0. The first kappa shape index (κ1) is 14.0. The molecule has 3 heteroatoms. The minimum Gasteiger partial charge on any atom is -0.493 e. The molecular weight excluding hydrogens is 228 g/mol. The maximum absolute atomic E-state index is 11.8. The van der Waals surface area contributed by atoms with E-state index in [0.29, 0.717) is 17.9 Å². The summed E-state index contributed by atoms with van der Waals surface area (Å²) >= 11 is 0. The zero-order valence-corrected chi connectivity index (χ0v) is 10.8. The van der Waals surface area contributed by atoms with Gasteiger partial charge in [0, 0.05) is 0 Å². The molecule has 0 bridgehead atoms. The molecule has 0 aromatic heterocycles. The average molecular weight is 246 g/mol. The monoisotopic (exact) mass is 246 g/mol. The van der Waals surface area contributed by atoms with Gasteiger partial charge < -0.3 is 9.47 Å². The van der Waals surface area contributed by atoms with Crippen molar-refractivity contribution in [1.82, 2.24) is 0 Å². The van der Waals surface area contributed by atoms with Crippen LogP contribution in [-0.4, -0.2) is 19.2 Å². The molecule has 1 aromatic carbocycles. The van der Waals surface area contributed by atoms with Crippen LogP contribution >= 0.6 is 0 Å². The molecule has 0 fully saturated rings. The summed E-state index contributed by atoms with van der Waals surface area (Å²) in [4.78, 5) is 11.8. The highest BCUT2D eigenvalue weighted by Crippen LogP contribution is 2.18. The zero-order chi connectivity index (χ0) is 13.2. The predicted molar refractivity (Wildman–Crippen MR) is 71.8 cm³/mol. The van der Waals surface area contributed by atoms with E-state index in [-0.39, 0.29) is 12.6 Å². The first-order valence-corrected chi connectivity index (χ1v) is 5.96. The van der Waals surface area contributed by atoms with E-state index in [2.05, 4.69) is 0 Å². The van der Waals surface area contributed by atoms with Crippen LogP contribution in [-0.2, 0) is 4.74 Å². The normalized spacial score (nSPS) is 11.0. The third-order valence-corrected chi connectivity index (χ3v) is 2.16. The first-order chi connectivity index (χ1) is 8.79. The van der Waals surface area contributed by atoms with Crippen LogP contribution in [0.3, 0.4) is 0 Å². The third-order valence-electron chi connectivity index (χ3n) is 2.16. The fourth-order valence-electron chi connectivity index (χ4n) is 1.36. The van der Waals surface area contributed by atoms with Crippen molar-refractivity contribution < 1.29 is 14.3 Å². The van der Waals surface area contributed by atoms with Gasteiger partial charge in [0.25, 0.3) is 0 Å². The molecule has 1 aromatic rings. The van der Waals surface area contributed by atoms with Crippen molar-refractivity contribution >= 4 is 5.97 Å². The number of hydrogen-bond donors (Lipinski definition) is 0. The minimum absolute atomic E-state index is 0.254.